The average molecular weight is 355 g/mol. The molecule has 0 bridgehead atoms. The number of hydrogen-bond acceptors (Lipinski definition) is 1. The van der Waals surface area contributed by atoms with Gasteiger partial charge in [-0.25, -0.2) is 4.39 Å². The summed E-state index contributed by atoms with van der Waals surface area (Å²) in [5.74, 6) is 1.40. The number of hydrogen-bond donors (Lipinski definition) is 0. The van der Waals surface area contributed by atoms with Gasteiger partial charge in [0.1, 0.15) is 11.9 Å². The lowest BCUT2D eigenvalue weighted by atomic mass is 9.77. The Labute approximate surface area is 157 Å². The van der Waals surface area contributed by atoms with E-state index in [0.29, 0.717) is 18.1 Å². The summed E-state index contributed by atoms with van der Waals surface area (Å²) >= 11 is 0. The fourth-order valence-electron chi connectivity index (χ4n) is 4.36. The molecule has 0 radical (unpaired) electrons. The van der Waals surface area contributed by atoms with Crippen LogP contribution in [-0.2, 0) is 4.74 Å². The van der Waals surface area contributed by atoms with Gasteiger partial charge in [-0.2, -0.15) is 0 Å². The zero-order chi connectivity index (χ0) is 18.4. The zero-order valence-corrected chi connectivity index (χ0v) is 16.1. The topological polar surface area (TPSA) is 9.23 Å². The van der Waals surface area contributed by atoms with Crippen LogP contribution in [-0.4, -0.2) is 6.61 Å². The minimum atomic E-state index is -0.337. The van der Waals surface area contributed by atoms with E-state index in [-0.39, 0.29) is 11.9 Å². The summed E-state index contributed by atoms with van der Waals surface area (Å²) in [5, 5.41) is 0. The first-order valence-corrected chi connectivity index (χ1v) is 10.2. The quantitative estimate of drug-likeness (QED) is 0.519. The van der Waals surface area contributed by atoms with Crippen LogP contribution in [0.4, 0.5) is 4.39 Å². The van der Waals surface area contributed by atoms with Crippen LogP contribution >= 0.6 is 0 Å². The maximum absolute atomic E-state index is 14.2. The highest BCUT2D eigenvalue weighted by atomic mass is 19.1. The highest BCUT2D eigenvalue weighted by Crippen LogP contribution is 2.38. The van der Waals surface area contributed by atoms with E-state index >= 15 is 0 Å². The van der Waals surface area contributed by atoms with E-state index in [9.17, 15) is 4.39 Å². The third-order valence-corrected chi connectivity index (χ3v) is 5.78. The normalized spacial score (nSPS) is 21.5. The van der Waals surface area contributed by atoms with Crippen LogP contribution in [0.2, 0.25) is 0 Å². The van der Waals surface area contributed by atoms with E-state index in [0.717, 1.165) is 11.5 Å². The van der Waals surface area contributed by atoms with Crippen LogP contribution < -0.4 is 0 Å². The molecule has 0 amide bonds. The van der Waals surface area contributed by atoms with E-state index in [1.54, 1.807) is 6.07 Å². The third kappa shape index (κ3) is 4.54. The van der Waals surface area contributed by atoms with Gasteiger partial charge in [-0.05, 0) is 61.6 Å². The lowest BCUT2D eigenvalue weighted by Crippen LogP contribution is -2.13. The molecular weight excluding hydrogens is 323 g/mol. The minimum absolute atomic E-state index is 0.204. The molecule has 1 aliphatic carbocycles. The van der Waals surface area contributed by atoms with Gasteiger partial charge in [0.15, 0.2) is 0 Å². The Morgan fingerprint density at radius 3 is 2.27 bits per heavy atom. The fourth-order valence-corrected chi connectivity index (χ4v) is 4.36. The molecule has 0 N–H and O–H groups in total. The predicted molar refractivity (Wildman–Crippen MR) is 106 cm³/mol. The molecule has 1 atom stereocenters. The molecule has 2 heteroatoms. The molecule has 0 spiro atoms. The van der Waals surface area contributed by atoms with Crippen molar-refractivity contribution >= 4 is 0 Å². The van der Waals surface area contributed by atoms with Gasteiger partial charge in [0, 0.05) is 12.2 Å². The summed E-state index contributed by atoms with van der Waals surface area (Å²) in [4.78, 5) is 0. The van der Waals surface area contributed by atoms with Crippen molar-refractivity contribution < 1.29 is 9.13 Å². The second-order valence-corrected chi connectivity index (χ2v) is 7.53. The summed E-state index contributed by atoms with van der Waals surface area (Å²) in [6.45, 7) is 4.80. The molecular formula is C24H31FO. The summed E-state index contributed by atoms with van der Waals surface area (Å²) in [5.41, 5.74) is 3.06. The van der Waals surface area contributed by atoms with Crippen molar-refractivity contribution in [2.75, 3.05) is 6.61 Å². The van der Waals surface area contributed by atoms with Gasteiger partial charge in [0.05, 0.1) is 0 Å². The lowest BCUT2D eigenvalue weighted by molar-refractivity contribution is 0.0887. The molecule has 0 aliphatic heterocycles. The summed E-state index contributed by atoms with van der Waals surface area (Å²) in [6, 6.07) is 15.6. The fraction of sp³-hybridized carbons (Fsp3) is 0.500. The maximum atomic E-state index is 14.2. The molecule has 2 aromatic rings. The van der Waals surface area contributed by atoms with E-state index in [2.05, 4.69) is 31.2 Å². The van der Waals surface area contributed by atoms with E-state index in [1.807, 2.05) is 19.1 Å². The van der Waals surface area contributed by atoms with E-state index in [4.69, 9.17) is 4.74 Å². The maximum Gasteiger partial charge on any atom is 0.129 e. The van der Waals surface area contributed by atoms with Crippen LogP contribution in [0.25, 0.3) is 0 Å². The summed E-state index contributed by atoms with van der Waals surface area (Å²) < 4.78 is 20.1. The first-order valence-electron chi connectivity index (χ1n) is 10.2. The first-order chi connectivity index (χ1) is 12.7. The van der Waals surface area contributed by atoms with E-state index in [1.165, 1.54) is 50.2 Å². The molecule has 1 saturated carbocycles. The van der Waals surface area contributed by atoms with Crippen molar-refractivity contribution in [1.82, 2.24) is 0 Å². The predicted octanol–water partition coefficient (Wildman–Crippen LogP) is 7.03. The molecule has 2 aromatic carbocycles. The molecule has 1 fully saturated rings. The SMILES string of the molecule is CCCC1CCC(c2ccc(C(OCC)c3ccccc3F)cc2)CC1. The second kappa shape index (κ2) is 9.32. The summed E-state index contributed by atoms with van der Waals surface area (Å²) in [7, 11) is 0. The Balaban J connectivity index is 1.72. The highest BCUT2D eigenvalue weighted by Gasteiger charge is 2.23. The Morgan fingerprint density at radius 2 is 1.65 bits per heavy atom. The van der Waals surface area contributed by atoms with Crippen molar-refractivity contribution in [1.29, 1.82) is 0 Å². The van der Waals surface area contributed by atoms with Crippen LogP contribution in [0.15, 0.2) is 48.5 Å². The smallest absolute Gasteiger partial charge is 0.129 e. The Hall–Kier alpha value is -1.67. The number of rotatable bonds is 7. The Kier molecular flexibility index (Phi) is 6.85. The molecule has 1 aliphatic rings. The average Bonchev–Trinajstić information content (AvgIpc) is 2.68. The van der Waals surface area contributed by atoms with Crippen LogP contribution in [0.1, 0.15) is 81.1 Å². The molecule has 0 heterocycles. The van der Waals surface area contributed by atoms with Gasteiger partial charge in [0.2, 0.25) is 0 Å². The van der Waals surface area contributed by atoms with Gasteiger partial charge >= 0.3 is 0 Å². The monoisotopic (exact) mass is 354 g/mol. The molecule has 3 rings (SSSR count). The summed E-state index contributed by atoms with van der Waals surface area (Å²) in [6.07, 6.45) is 7.66. The van der Waals surface area contributed by atoms with Crippen molar-refractivity contribution in [2.45, 2.75) is 64.4 Å². The van der Waals surface area contributed by atoms with Crippen molar-refractivity contribution in [3.05, 3.63) is 71.0 Å². The van der Waals surface area contributed by atoms with Crippen LogP contribution in [0.5, 0.6) is 0 Å². The number of ether oxygens (including phenoxy) is 1. The molecule has 26 heavy (non-hydrogen) atoms. The van der Waals surface area contributed by atoms with Crippen LogP contribution in [0.3, 0.4) is 0 Å². The Bertz CT molecular complexity index is 671. The van der Waals surface area contributed by atoms with Gasteiger partial charge in [0.25, 0.3) is 0 Å². The zero-order valence-electron chi connectivity index (χ0n) is 16.1. The molecule has 140 valence electrons. The molecule has 1 unspecified atom stereocenters. The third-order valence-electron chi connectivity index (χ3n) is 5.78. The first kappa shape index (κ1) is 19.1. The van der Waals surface area contributed by atoms with Crippen LogP contribution in [0, 0.1) is 11.7 Å². The van der Waals surface area contributed by atoms with Gasteiger partial charge < -0.3 is 4.74 Å². The lowest BCUT2D eigenvalue weighted by Gasteiger charge is -2.29. The number of benzene rings is 2. The number of halogens is 1. The highest BCUT2D eigenvalue weighted by molar-refractivity contribution is 5.34. The van der Waals surface area contributed by atoms with Gasteiger partial charge in [-0.1, -0.05) is 62.2 Å². The van der Waals surface area contributed by atoms with Crippen molar-refractivity contribution in [2.24, 2.45) is 5.92 Å². The van der Waals surface area contributed by atoms with Crippen molar-refractivity contribution in [3.63, 3.8) is 0 Å². The standard InChI is InChI=1S/C24H31FO/c1-3-7-18-10-12-19(13-11-18)20-14-16-21(17-15-20)24(26-4-2)22-8-5-6-9-23(22)25/h5-6,8-9,14-19,24H,3-4,7,10-13H2,1-2H3. The van der Waals surface area contributed by atoms with Gasteiger partial charge in [-0.15, -0.1) is 0 Å². The minimum Gasteiger partial charge on any atom is -0.369 e. The van der Waals surface area contributed by atoms with Crippen molar-refractivity contribution in [3.8, 4) is 0 Å². The second-order valence-electron chi connectivity index (χ2n) is 7.53. The van der Waals surface area contributed by atoms with E-state index < -0.39 is 0 Å². The molecule has 1 nitrogen and oxygen atoms in total. The van der Waals surface area contributed by atoms with Gasteiger partial charge in [-0.3, -0.25) is 0 Å². The molecule has 0 aromatic heterocycles. The largest absolute Gasteiger partial charge is 0.369 e. The Morgan fingerprint density at radius 1 is 0.962 bits per heavy atom. The molecule has 0 saturated heterocycles.